The zero-order valence-corrected chi connectivity index (χ0v) is 40.2. The molecule has 1 heteroatoms. The molecule has 328 valence electrons. The van der Waals surface area contributed by atoms with Crippen LogP contribution in [0.3, 0.4) is 0 Å². The third-order valence-corrected chi connectivity index (χ3v) is 13.0. The largest absolute Gasteiger partial charge is 0.207 e. The van der Waals surface area contributed by atoms with Gasteiger partial charge in [0.2, 0.25) is 0 Å². The van der Waals surface area contributed by atoms with Gasteiger partial charge in [-0.15, -0.1) is 0 Å². The summed E-state index contributed by atoms with van der Waals surface area (Å²) < 4.78 is 12.6. The zero-order valence-electron chi connectivity index (χ0n) is 40.2. The summed E-state index contributed by atoms with van der Waals surface area (Å²) in [4.78, 5) is 0. The van der Waals surface area contributed by atoms with Crippen molar-refractivity contribution in [2.24, 2.45) is 47.3 Å². The van der Waals surface area contributed by atoms with Crippen LogP contribution >= 0.6 is 0 Å². The SMILES string of the molecule is CC1CCC(C)CC1.CC1CCC(C)CC1.CC1CCC(C)CC1.CC1CCC(C)CC1.Cc1ccc(C)c(F)c1.Cc1ccc(C)cc1.Cc1ccc(C)cc1.[HH].[HH]. The number of benzene rings is 3. The Kier molecular flexibility index (Phi) is 28.2. The molecule has 0 bridgehead atoms. The second-order valence-electron chi connectivity index (χ2n) is 20.0. The second-order valence-corrected chi connectivity index (χ2v) is 20.0. The van der Waals surface area contributed by atoms with Gasteiger partial charge in [0, 0.05) is 2.85 Å². The Hall–Kier alpha value is -2.41. The Morgan fingerprint density at radius 2 is 0.456 bits per heavy atom. The molecule has 0 saturated heterocycles. The molecule has 0 heterocycles. The monoisotopic (exact) mass is 789 g/mol. The molecule has 0 radical (unpaired) electrons. The average molecular weight is 789 g/mol. The Morgan fingerprint density at radius 3 is 0.596 bits per heavy atom. The molecule has 0 unspecified atom stereocenters. The van der Waals surface area contributed by atoms with E-state index in [0.717, 1.165) is 52.9 Å². The van der Waals surface area contributed by atoms with Crippen molar-refractivity contribution in [2.45, 2.75) is 200 Å². The van der Waals surface area contributed by atoms with Crippen molar-refractivity contribution >= 4 is 0 Å². The molecule has 0 nitrogen and oxygen atoms in total. The van der Waals surface area contributed by atoms with Crippen LogP contribution < -0.4 is 0 Å². The molecule has 0 spiro atoms. The van der Waals surface area contributed by atoms with Gasteiger partial charge in [0.1, 0.15) is 5.82 Å². The molecule has 0 N–H and O–H groups in total. The quantitative estimate of drug-likeness (QED) is 0.213. The van der Waals surface area contributed by atoms with Crippen molar-refractivity contribution in [1.29, 1.82) is 0 Å². The number of halogens is 1. The fourth-order valence-corrected chi connectivity index (χ4v) is 7.68. The topological polar surface area (TPSA) is 0 Å². The maximum Gasteiger partial charge on any atom is 0.126 e. The first-order chi connectivity index (χ1) is 26.9. The average Bonchev–Trinajstić information content (AvgIpc) is 3.19. The van der Waals surface area contributed by atoms with E-state index >= 15 is 0 Å². The molecule has 4 fully saturated rings. The van der Waals surface area contributed by atoms with E-state index in [2.05, 4.69) is 132 Å². The van der Waals surface area contributed by atoms with Gasteiger partial charge in [-0.25, -0.2) is 4.39 Å². The standard InChI is InChI=1S/C8H9F.4C8H16.2C8H10.2H2/c1-6-3-4-7(2)8(9)5-6;6*1-7-3-5-8(2)6-4-7;;/h3-5H,1-2H3;4*7-8H,3-6H2,1-2H3;2*3-6H,1-2H3;2*1H. The Labute approximate surface area is 359 Å². The van der Waals surface area contributed by atoms with Crippen LogP contribution in [0.5, 0.6) is 0 Å². The second kappa shape index (κ2) is 30.6. The summed E-state index contributed by atoms with van der Waals surface area (Å²) in [6, 6.07) is 22.2. The molecular weight excluding hydrogens is 692 g/mol. The molecule has 0 amide bonds. The third-order valence-electron chi connectivity index (χ3n) is 13.0. The molecule has 4 aliphatic rings. The molecule has 57 heavy (non-hydrogen) atoms. The summed E-state index contributed by atoms with van der Waals surface area (Å²) >= 11 is 0. The van der Waals surface area contributed by atoms with Crippen LogP contribution in [0.2, 0.25) is 0 Å². The van der Waals surface area contributed by atoms with E-state index in [0.29, 0.717) is 5.56 Å². The minimum atomic E-state index is -0.116. The van der Waals surface area contributed by atoms with Crippen molar-refractivity contribution in [2.75, 3.05) is 0 Å². The van der Waals surface area contributed by atoms with Gasteiger partial charge < -0.3 is 0 Å². The smallest absolute Gasteiger partial charge is 0.126 e. The van der Waals surface area contributed by atoms with E-state index in [1.807, 2.05) is 13.0 Å². The highest BCUT2D eigenvalue weighted by Gasteiger charge is 2.15. The summed E-state index contributed by atoms with van der Waals surface area (Å²) in [5.74, 6) is 8.04. The van der Waals surface area contributed by atoms with Crippen molar-refractivity contribution in [3.63, 3.8) is 0 Å². The molecule has 7 rings (SSSR count). The lowest BCUT2D eigenvalue weighted by Crippen LogP contribution is -2.08. The molecule has 0 atom stereocenters. The van der Waals surface area contributed by atoms with Crippen molar-refractivity contribution in [3.8, 4) is 0 Å². The number of rotatable bonds is 0. The van der Waals surface area contributed by atoms with Crippen LogP contribution in [-0.2, 0) is 0 Å². The van der Waals surface area contributed by atoms with Crippen molar-refractivity contribution in [3.05, 3.63) is 106 Å². The highest BCUT2D eigenvalue weighted by Crippen LogP contribution is 2.29. The van der Waals surface area contributed by atoms with Crippen LogP contribution in [-0.4, -0.2) is 0 Å². The van der Waals surface area contributed by atoms with Gasteiger partial charge in [0.25, 0.3) is 0 Å². The normalized spacial score (nSPS) is 26.4. The first-order valence-corrected chi connectivity index (χ1v) is 23.7. The summed E-state index contributed by atoms with van der Waals surface area (Å²) in [7, 11) is 0. The molecule has 3 aromatic carbocycles. The number of aryl methyl sites for hydroxylation is 6. The minimum Gasteiger partial charge on any atom is -0.207 e. The van der Waals surface area contributed by atoms with Gasteiger partial charge >= 0.3 is 0 Å². The van der Waals surface area contributed by atoms with Gasteiger partial charge in [0.05, 0.1) is 0 Å². The van der Waals surface area contributed by atoms with Gasteiger partial charge in [-0.3, -0.25) is 0 Å². The maximum atomic E-state index is 12.6. The Morgan fingerprint density at radius 1 is 0.298 bits per heavy atom. The van der Waals surface area contributed by atoms with E-state index < -0.39 is 0 Å². The van der Waals surface area contributed by atoms with E-state index in [1.165, 1.54) is 131 Å². The van der Waals surface area contributed by atoms with Gasteiger partial charge in [0.15, 0.2) is 0 Å². The summed E-state index contributed by atoms with van der Waals surface area (Å²) in [6.07, 6.45) is 23.6. The highest BCUT2D eigenvalue weighted by molar-refractivity contribution is 5.22. The van der Waals surface area contributed by atoms with Crippen LogP contribution in [0.1, 0.15) is 194 Å². The molecule has 0 aliphatic heterocycles. The Balaban J connectivity index is 0. The Bertz CT molecular complexity index is 1160. The van der Waals surface area contributed by atoms with Crippen LogP contribution in [0.4, 0.5) is 4.39 Å². The fraction of sp³-hybridized carbons (Fsp3) is 0.679. The van der Waals surface area contributed by atoms with Gasteiger partial charge in [-0.1, -0.05) is 241 Å². The van der Waals surface area contributed by atoms with E-state index in [4.69, 9.17) is 0 Å². The van der Waals surface area contributed by atoms with Gasteiger partial charge in [-0.2, -0.15) is 0 Å². The summed E-state index contributed by atoms with van der Waals surface area (Å²) in [5, 5.41) is 0. The highest BCUT2D eigenvalue weighted by atomic mass is 19.1. The maximum absolute atomic E-state index is 12.6. The minimum absolute atomic E-state index is 0. The molecule has 4 aliphatic carbocycles. The van der Waals surface area contributed by atoms with Crippen LogP contribution in [0, 0.1) is 94.7 Å². The summed E-state index contributed by atoms with van der Waals surface area (Å²) in [5.41, 5.74) is 7.00. The van der Waals surface area contributed by atoms with Crippen molar-refractivity contribution in [1.82, 2.24) is 0 Å². The molecule has 3 aromatic rings. The van der Waals surface area contributed by atoms with E-state index in [1.54, 1.807) is 13.0 Å². The predicted octanol–water partition coefficient (Wildman–Crippen LogP) is 18.9. The molecule has 4 saturated carbocycles. The van der Waals surface area contributed by atoms with Crippen molar-refractivity contribution < 1.29 is 7.24 Å². The van der Waals surface area contributed by atoms with E-state index in [-0.39, 0.29) is 8.67 Å². The fourth-order valence-electron chi connectivity index (χ4n) is 7.68. The van der Waals surface area contributed by atoms with Gasteiger partial charge in [-0.05, 0) is 106 Å². The van der Waals surface area contributed by atoms with E-state index in [9.17, 15) is 4.39 Å². The molecular formula is C56H97F. The van der Waals surface area contributed by atoms with Crippen LogP contribution in [0.15, 0.2) is 66.7 Å². The lowest BCUT2D eigenvalue weighted by atomic mass is 9.84. The third kappa shape index (κ3) is 28.6. The van der Waals surface area contributed by atoms with Crippen LogP contribution in [0.25, 0.3) is 0 Å². The molecule has 0 aromatic heterocycles. The summed E-state index contributed by atoms with van der Waals surface area (Å²) in [6.45, 7) is 31.0. The first-order valence-electron chi connectivity index (χ1n) is 23.7. The lowest BCUT2D eigenvalue weighted by Gasteiger charge is -2.22. The number of hydrogen-bond donors (Lipinski definition) is 0. The predicted molar refractivity (Wildman–Crippen MR) is 259 cm³/mol. The zero-order chi connectivity index (χ0) is 42.8. The lowest BCUT2D eigenvalue weighted by molar-refractivity contribution is 0.308. The first kappa shape index (κ1) is 52.6. The number of hydrogen-bond acceptors (Lipinski definition) is 0.